The van der Waals surface area contributed by atoms with Gasteiger partial charge in [0.2, 0.25) is 11.8 Å². The highest BCUT2D eigenvalue weighted by Crippen LogP contribution is 2.28. The van der Waals surface area contributed by atoms with E-state index in [1.165, 1.54) is 12.1 Å². The Bertz CT molecular complexity index is 1100. The Kier molecular flexibility index (Phi) is 5.55. The molecule has 2 amide bonds. The van der Waals surface area contributed by atoms with Gasteiger partial charge in [-0.15, -0.1) is 0 Å². The first-order valence-corrected chi connectivity index (χ1v) is 9.89. The number of hydrogen-bond acceptors (Lipinski definition) is 3. The van der Waals surface area contributed by atoms with Crippen molar-refractivity contribution in [1.82, 2.24) is 14.9 Å². The van der Waals surface area contributed by atoms with Gasteiger partial charge in [-0.2, -0.15) is 0 Å². The average Bonchev–Trinajstić information content (AvgIpc) is 3.31. The Balaban J connectivity index is 1.56. The molecule has 0 bridgehead atoms. The van der Waals surface area contributed by atoms with Crippen LogP contribution in [0.5, 0.6) is 0 Å². The van der Waals surface area contributed by atoms with Gasteiger partial charge in [0.15, 0.2) is 0 Å². The van der Waals surface area contributed by atoms with Crippen molar-refractivity contribution in [2.75, 3.05) is 11.4 Å². The number of rotatable bonds is 5. The lowest BCUT2D eigenvalue weighted by molar-refractivity contribution is -0.126. The van der Waals surface area contributed by atoms with Gasteiger partial charge in [0.25, 0.3) is 0 Å². The summed E-state index contributed by atoms with van der Waals surface area (Å²) in [5.74, 6) is -0.788. The van der Waals surface area contributed by atoms with E-state index in [1.54, 1.807) is 65.3 Å². The zero-order valence-electron chi connectivity index (χ0n) is 16.3. The first-order valence-electron chi connectivity index (χ1n) is 9.51. The lowest BCUT2D eigenvalue weighted by Crippen LogP contribution is -2.37. The van der Waals surface area contributed by atoms with Gasteiger partial charge in [0.05, 0.1) is 5.92 Å². The van der Waals surface area contributed by atoms with Gasteiger partial charge in [-0.05, 0) is 35.9 Å². The Morgan fingerprint density at radius 1 is 1.27 bits per heavy atom. The molecule has 8 heteroatoms. The highest BCUT2D eigenvalue weighted by molar-refractivity contribution is 6.31. The minimum absolute atomic E-state index is 0.0920. The third-order valence-corrected chi connectivity index (χ3v) is 5.44. The minimum atomic E-state index is -0.636. The molecule has 1 N–H and O–H groups in total. The quantitative estimate of drug-likeness (QED) is 0.679. The molecule has 2 atom stereocenters. The number of imidazole rings is 1. The van der Waals surface area contributed by atoms with Crippen molar-refractivity contribution >= 4 is 29.1 Å². The van der Waals surface area contributed by atoms with E-state index in [4.69, 9.17) is 11.6 Å². The fourth-order valence-electron chi connectivity index (χ4n) is 3.68. The van der Waals surface area contributed by atoms with Crippen LogP contribution in [0.2, 0.25) is 5.02 Å². The highest BCUT2D eigenvalue weighted by atomic mass is 35.5. The van der Waals surface area contributed by atoms with Gasteiger partial charge in [0.1, 0.15) is 17.7 Å². The molecule has 6 nitrogen and oxygen atoms in total. The molecule has 0 spiro atoms. The molecule has 154 valence electrons. The van der Waals surface area contributed by atoms with Crippen LogP contribution in [0.1, 0.15) is 23.9 Å². The summed E-state index contributed by atoms with van der Waals surface area (Å²) in [4.78, 5) is 31.5. The molecule has 30 heavy (non-hydrogen) atoms. The van der Waals surface area contributed by atoms with Crippen LogP contribution in [-0.2, 0) is 16.6 Å². The SMILES string of the molecule is Cn1ccnc1[C@H](NC(=O)[C@@H]1CC(=O)N(c2cccc(Cl)c2)C1)c1cccc(F)c1. The van der Waals surface area contributed by atoms with Gasteiger partial charge in [-0.25, -0.2) is 9.37 Å². The van der Waals surface area contributed by atoms with Crippen LogP contribution < -0.4 is 10.2 Å². The van der Waals surface area contributed by atoms with Gasteiger partial charge in [0, 0.05) is 43.1 Å². The summed E-state index contributed by atoms with van der Waals surface area (Å²) in [6.45, 7) is 0.251. The van der Waals surface area contributed by atoms with Crippen molar-refractivity contribution in [2.24, 2.45) is 13.0 Å². The predicted octanol–water partition coefficient (Wildman–Crippen LogP) is 3.47. The summed E-state index contributed by atoms with van der Waals surface area (Å²) < 4.78 is 15.6. The lowest BCUT2D eigenvalue weighted by atomic mass is 10.0. The van der Waals surface area contributed by atoms with Crippen molar-refractivity contribution in [3.63, 3.8) is 0 Å². The Labute approximate surface area is 178 Å². The van der Waals surface area contributed by atoms with E-state index >= 15 is 0 Å². The van der Waals surface area contributed by atoms with Crippen molar-refractivity contribution < 1.29 is 14.0 Å². The first-order chi connectivity index (χ1) is 14.4. The topological polar surface area (TPSA) is 67.2 Å². The normalized spacial score (nSPS) is 17.2. The summed E-state index contributed by atoms with van der Waals surface area (Å²) >= 11 is 6.03. The number of hydrogen-bond donors (Lipinski definition) is 1. The van der Waals surface area contributed by atoms with Crippen molar-refractivity contribution in [3.8, 4) is 0 Å². The molecule has 4 rings (SSSR count). The molecule has 1 fully saturated rings. The maximum atomic E-state index is 13.8. The zero-order chi connectivity index (χ0) is 21.3. The summed E-state index contributed by atoms with van der Waals surface area (Å²) in [6.07, 6.45) is 3.47. The molecule has 2 heterocycles. The van der Waals surface area contributed by atoms with Crippen LogP contribution in [0.15, 0.2) is 60.9 Å². The number of carbonyl (C=O) groups is 2. The van der Waals surface area contributed by atoms with E-state index in [2.05, 4.69) is 10.3 Å². The molecule has 1 aromatic heterocycles. The van der Waals surface area contributed by atoms with Gasteiger partial charge >= 0.3 is 0 Å². The number of nitrogens with one attached hydrogen (secondary N) is 1. The van der Waals surface area contributed by atoms with Gasteiger partial charge in [-0.1, -0.05) is 29.8 Å². The monoisotopic (exact) mass is 426 g/mol. The van der Waals surface area contributed by atoms with Crippen LogP contribution in [0.4, 0.5) is 10.1 Å². The molecule has 0 radical (unpaired) electrons. The summed E-state index contributed by atoms with van der Waals surface area (Å²) in [6, 6.07) is 12.4. The minimum Gasteiger partial charge on any atom is -0.342 e. The average molecular weight is 427 g/mol. The van der Waals surface area contributed by atoms with E-state index in [0.717, 1.165) is 0 Å². The molecule has 3 aromatic rings. The molecule has 0 unspecified atom stereocenters. The zero-order valence-corrected chi connectivity index (χ0v) is 17.0. The van der Waals surface area contributed by atoms with E-state index in [9.17, 15) is 14.0 Å². The lowest BCUT2D eigenvalue weighted by Gasteiger charge is -2.21. The molecule has 0 saturated carbocycles. The van der Waals surface area contributed by atoms with Crippen LogP contribution >= 0.6 is 11.6 Å². The van der Waals surface area contributed by atoms with Crippen LogP contribution in [0, 0.1) is 11.7 Å². The third kappa shape index (κ3) is 4.07. The van der Waals surface area contributed by atoms with Crippen molar-refractivity contribution in [3.05, 3.63) is 83.2 Å². The van der Waals surface area contributed by atoms with Crippen LogP contribution in [0.25, 0.3) is 0 Å². The number of benzene rings is 2. The van der Waals surface area contributed by atoms with E-state index in [1.807, 2.05) is 0 Å². The van der Waals surface area contributed by atoms with Gasteiger partial charge in [-0.3, -0.25) is 9.59 Å². The van der Waals surface area contributed by atoms with E-state index in [0.29, 0.717) is 22.1 Å². The maximum absolute atomic E-state index is 13.8. The molecule has 0 aliphatic carbocycles. The fraction of sp³-hybridized carbons (Fsp3) is 0.227. The number of amides is 2. The van der Waals surface area contributed by atoms with Crippen molar-refractivity contribution in [2.45, 2.75) is 12.5 Å². The molecular formula is C22H20ClFN4O2. The Morgan fingerprint density at radius 3 is 2.77 bits per heavy atom. The number of aryl methyl sites for hydroxylation is 1. The molecule has 1 saturated heterocycles. The van der Waals surface area contributed by atoms with Crippen LogP contribution in [0.3, 0.4) is 0 Å². The second-order valence-corrected chi connectivity index (χ2v) is 7.71. The number of nitrogens with zero attached hydrogens (tertiary/aromatic N) is 3. The number of aromatic nitrogens is 2. The smallest absolute Gasteiger partial charge is 0.227 e. The fourth-order valence-corrected chi connectivity index (χ4v) is 3.86. The first kappa shape index (κ1) is 20.1. The summed E-state index contributed by atoms with van der Waals surface area (Å²) in [5.41, 5.74) is 1.24. The Hall–Kier alpha value is -3.19. The largest absolute Gasteiger partial charge is 0.342 e. The summed E-state index contributed by atoms with van der Waals surface area (Å²) in [5, 5.41) is 3.48. The number of carbonyl (C=O) groups excluding carboxylic acids is 2. The summed E-state index contributed by atoms with van der Waals surface area (Å²) in [7, 11) is 1.81. The maximum Gasteiger partial charge on any atom is 0.227 e. The van der Waals surface area contributed by atoms with Crippen molar-refractivity contribution in [1.29, 1.82) is 0 Å². The standard InChI is InChI=1S/C22H20ClFN4O2/c1-27-9-8-25-21(27)20(14-4-2-6-17(24)10-14)26-22(30)15-11-19(29)28(13-15)18-7-3-5-16(23)12-18/h2-10,12,15,20H,11,13H2,1H3,(H,26,30)/t15-,20-/m1/s1. The van der Waals surface area contributed by atoms with E-state index < -0.39 is 17.8 Å². The van der Waals surface area contributed by atoms with E-state index in [-0.39, 0.29) is 24.8 Å². The molecular weight excluding hydrogens is 407 g/mol. The second-order valence-electron chi connectivity index (χ2n) is 7.28. The van der Waals surface area contributed by atoms with Gasteiger partial charge < -0.3 is 14.8 Å². The molecule has 2 aromatic carbocycles. The number of halogens is 2. The Morgan fingerprint density at radius 2 is 2.07 bits per heavy atom. The second kappa shape index (κ2) is 8.28. The predicted molar refractivity (Wildman–Crippen MR) is 112 cm³/mol. The highest BCUT2D eigenvalue weighted by Gasteiger charge is 2.36. The third-order valence-electron chi connectivity index (χ3n) is 5.20. The number of anilines is 1. The van der Waals surface area contributed by atoms with Crippen LogP contribution in [-0.4, -0.2) is 27.9 Å². The molecule has 1 aliphatic rings. The molecule has 1 aliphatic heterocycles.